The highest BCUT2D eigenvalue weighted by Gasteiger charge is 2.56. The highest BCUT2D eigenvalue weighted by atomic mass is 16.1. The van der Waals surface area contributed by atoms with E-state index in [2.05, 4.69) is 18.0 Å². The molecular formula is C16H17NO. The van der Waals surface area contributed by atoms with Crippen LogP contribution in [0.2, 0.25) is 0 Å². The first-order chi connectivity index (χ1) is 8.77. The maximum atomic E-state index is 12.6. The van der Waals surface area contributed by atoms with Crippen molar-refractivity contribution >= 4 is 16.7 Å². The van der Waals surface area contributed by atoms with Gasteiger partial charge in [-0.15, -0.1) is 0 Å². The van der Waals surface area contributed by atoms with Crippen LogP contribution in [0, 0.1) is 24.7 Å². The van der Waals surface area contributed by atoms with Crippen molar-refractivity contribution in [3.63, 3.8) is 0 Å². The van der Waals surface area contributed by atoms with Crippen LogP contribution in [0.5, 0.6) is 0 Å². The molecule has 4 rings (SSSR count). The zero-order valence-electron chi connectivity index (χ0n) is 10.6. The van der Waals surface area contributed by atoms with E-state index in [1.165, 1.54) is 24.8 Å². The number of H-pyrrole nitrogens is 1. The predicted molar refractivity (Wildman–Crippen MR) is 71.7 cm³/mol. The average Bonchev–Trinajstić information content (AvgIpc) is 2.79. The Labute approximate surface area is 106 Å². The fourth-order valence-corrected chi connectivity index (χ4v) is 3.95. The second kappa shape index (κ2) is 3.47. The van der Waals surface area contributed by atoms with E-state index in [9.17, 15) is 4.79 Å². The highest BCUT2D eigenvalue weighted by Crippen LogP contribution is 2.58. The van der Waals surface area contributed by atoms with Crippen molar-refractivity contribution < 1.29 is 4.79 Å². The van der Waals surface area contributed by atoms with Gasteiger partial charge in [0.15, 0.2) is 5.78 Å². The molecule has 2 fully saturated rings. The number of aromatic nitrogens is 1. The van der Waals surface area contributed by atoms with Crippen LogP contribution in [0.15, 0.2) is 24.4 Å². The molecule has 2 atom stereocenters. The van der Waals surface area contributed by atoms with Crippen LogP contribution in [0.3, 0.4) is 0 Å². The van der Waals surface area contributed by atoms with E-state index in [-0.39, 0.29) is 0 Å². The van der Waals surface area contributed by atoms with Gasteiger partial charge in [0.05, 0.1) is 0 Å². The molecule has 0 radical (unpaired) electrons. The molecule has 1 heterocycles. The van der Waals surface area contributed by atoms with Crippen molar-refractivity contribution in [3.8, 4) is 0 Å². The zero-order valence-corrected chi connectivity index (χ0v) is 10.6. The summed E-state index contributed by atoms with van der Waals surface area (Å²) in [6, 6.07) is 6.17. The number of carbonyl (C=O) groups excluding carboxylic acids is 1. The number of Topliss-reactive ketones (excluding diaryl/α,β-unsaturated/α-hetero) is 1. The summed E-state index contributed by atoms with van der Waals surface area (Å²) < 4.78 is 0. The Bertz CT molecular complexity index is 630. The molecular weight excluding hydrogens is 222 g/mol. The first-order valence-electron chi connectivity index (χ1n) is 6.88. The van der Waals surface area contributed by atoms with Crippen molar-refractivity contribution in [1.29, 1.82) is 0 Å². The SMILES string of the molecule is Cc1cccc2[nH]cc(C(=O)C3C4CCCC43)c12. The van der Waals surface area contributed by atoms with E-state index in [0.717, 1.165) is 16.5 Å². The Balaban J connectivity index is 1.77. The lowest BCUT2D eigenvalue weighted by molar-refractivity contribution is 0.0953. The molecule has 92 valence electrons. The number of nitrogens with one attached hydrogen (secondary N) is 1. The number of hydrogen-bond acceptors (Lipinski definition) is 1. The second-order valence-electron chi connectivity index (χ2n) is 5.85. The molecule has 2 aromatic rings. The Hall–Kier alpha value is -1.57. The molecule has 0 aliphatic heterocycles. The predicted octanol–water partition coefficient (Wildman–Crippen LogP) is 3.71. The summed E-state index contributed by atoms with van der Waals surface area (Å²) in [7, 11) is 0. The van der Waals surface area contributed by atoms with Crippen LogP contribution in [0.1, 0.15) is 35.2 Å². The standard InChI is InChI=1S/C16H17NO/c1-9-4-2-7-13-14(9)12(8-17-13)16(18)15-10-5-3-6-11(10)15/h2,4,7-8,10-11,15,17H,3,5-6H2,1H3. The largest absolute Gasteiger partial charge is 0.360 e. The molecule has 2 aliphatic carbocycles. The van der Waals surface area contributed by atoms with Crippen molar-refractivity contribution in [2.45, 2.75) is 26.2 Å². The number of aryl methyl sites for hydroxylation is 1. The molecule has 2 nitrogen and oxygen atoms in total. The number of carbonyl (C=O) groups is 1. The van der Waals surface area contributed by atoms with Crippen LogP contribution in [-0.4, -0.2) is 10.8 Å². The minimum Gasteiger partial charge on any atom is -0.360 e. The van der Waals surface area contributed by atoms with Gasteiger partial charge >= 0.3 is 0 Å². The number of fused-ring (bicyclic) bond motifs is 2. The third-order valence-corrected chi connectivity index (χ3v) is 4.89. The zero-order chi connectivity index (χ0) is 12.3. The summed E-state index contributed by atoms with van der Waals surface area (Å²) in [5.41, 5.74) is 3.20. The van der Waals surface area contributed by atoms with Crippen LogP contribution >= 0.6 is 0 Å². The Morgan fingerprint density at radius 1 is 1.28 bits per heavy atom. The molecule has 2 unspecified atom stereocenters. The van der Waals surface area contributed by atoms with Crippen LogP contribution in [-0.2, 0) is 0 Å². The lowest BCUT2D eigenvalue weighted by Crippen LogP contribution is -2.05. The van der Waals surface area contributed by atoms with Gasteiger partial charge in [-0.25, -0.2) is 0 Å². The van der Waals surface area contributed by atoms with E-state index in [4.69, 9.17) is 0 Å². The fraction of sp³-hybridized carbons (Fsp3) is 0.438. The van der Waals surface area contributed by atoms with Crippen molar-refractivity contribution in [3.05, 3.63) is 35.5 Å². The van der Waals surface area contributed by atoms with E-state index < -0.39 is 0 Å². The lowest BCUT2D eigenvalue weighted by atomic mass is 9.99. The smallest absolute Gasteiger partial charge is 0.168 e. The normalized spacial score (nSPS) is 29.5. The number of rotatable bonds is 2. The van der Waals surface area contributed by atoms with Gasteiger partial charge in [0.2, 0.25) is 0 Å². The topological polar surface area (TPSA) is 32.9 Å². The van der Waals surface area contributed by atoms with E-state index in [0.29, 0.717) is 23.5 Å². The third kappa shape index (κ3) is 1.26. The van der Waals surface area contributed by atoms with E-state index in [1.54, 1.807) is 0 Å². The minimum absolute atomic E-state index is 0.331. The minimum atomic E-state index is 0.331. The van der Waals surface area contributed by atoms with Crippen LogP contribution in [0.4, 0.5) is 0 Å². The average molecular weight is 239 g/mol. The molecule has 1 aromatic heterocycles. The van der Waals surface area contributed by atoms with E-state index >= 15 is 0 Å². The number of hydrogen-bond donors (Lipinski definition) is 1. The summed E-state index contributed by atoms with van der Waals surface area (Å²) in [6.07, 6.45) is 5.77. The van der Waals surface area contributed by atoms with Crippen molar-refractivity contribution in [2.75, 3.05) is 0 Å². The van der Waals surface area contributed by atoms with Gasteiger partial charge in [0, 0.05) is 28.6 Å². The first kappa shape index (κ1) is 10.4. The van der Waals surface area contributed by atoms with Gasteiger partial charge < -0.3 is 4.98 Å². The molecule has 1 aromatic carbocycles. The summed E-state index contributed by atoms with van der Waals surface area (Å²) in [5, 5.41) is 1.13. The molecule has 18 heavy (non-hydrogen) atoms. The maximum absolute atomic E-state index is 12.6. The number of ketones is 1. The summed E-state index contributed by atoms with van der Waals surface area (Å²) in [4.78, 5) is 15.9. The maximum Gasteiger partial charge on any atom is 0.168 e. The molecule has 0 bridgehead atoms. The van der Waals surface area contributed by atoms with Crippen molar-refractivity contribution in [2.24, 2.45) is 17.8 Å². The Morgan fingerprint density at radius 2 is 2.06 bits per heavy atom. The van der Waals surface area contributed by atoms with Crippen molar-refractivity contribution in [1.82, 2.24) is 4.98 Å². The molecule has 2 saturated carbocycles. The van der Waals surface area contributed by atoms with E-state index in [1.807, 2.05) is 18.3 Å². The monoisotopic (exact) mass is 239 g/mol. The summed E-state index contributed by atoms with van der Waals surface area (Å²) in [6.45, 7) is 2.08. The number of benzene rings is 1. The fourth-order valence-electron chi connectivity index (χ4n) is 3.95. The first-order valence-corrected chi connectivity index (χ1v) is 6.88. The van der Waals surface area contributed by atoms with Gasteiger partial charge in [0.25, 0.3) is 0 Å². The van der Waals surface area contributed by atoms with Crippen LogP contribution in [0.25, 0.3) is 10.9 Å². The van der Waals surface area contributed by atoms with Crippen LogP contribution < -0.4 is 0 Å². The molecule has 1 N–H and O–H groups in total. The number of aromatic amines is 1. The lowest BCUT2D eigenvalue weighted by Gasteiger charge is -2.03. The molecule has 2 heteroatoms. The van der Waals surface area contributed by atoms with Gasteiger partial charge in [0.1, 0.15) is 0 Å². The van der Waals surface area contributed by atoms with Gasteiger partial charge in [-0.2, -0.15) is 0 Å². The van der Waals surface area contributed by atoms with Gasteiger partial charge in [-0.1, -0.05) is 18.6 Å². The Kier molecular flexibility index (Phi) is 2.00. The van der Waals surface area contributed by atoms with Gasteiger partial charge in [-0.05, 0) is 43.2 Å². The summed E-state index contributed by atoms with van der Waals surface area (Å²) in [5.74, 6) is 2.11. The highest BCUT2D eigenvalue weighted by molar-refractivity contribution is 6.11. The molecule has 0 amide bonds. The Morgan fingerprint density at radius 3 is 2.83 bits per heavy atom. The second-order valence-corrected chi connectivity index (χ2v) is 5.85. The quantitative estimate of drug-likeness (QED) is 0.796. The third-order valence-electron chi connectivity index (χ3n) is 4.89. The molecule has 0 spiro atoms. The summed E-state index contributed by atoms with van der Waals surface area (Å²) >= 11 is 0. The molecule has 2 aliphatic rings. The molecule has 0 saturated heterocycles. The van der Waals surface area contributed by atoms with Gasteiger partial charge in [-0.3, -0.25) is 4.79 Å².